The van der Waals surface area contributed by atoms with Gasteiger partial charge in [-0.2, -0.15) is 0 Å². The highest BCUT2D eigenvalue weighted by atomic mass is 16.5. The minimum atomic E-state index is -0.265. The first kappa shape index (κ1) is 21.1. The molecule has 1 amide bonds. The van der Waals surface area contributed by atoms with Gasteiger partial charge in [-0.3, -0.25) is 4.79 Å². The van der Waals surface area contributed by atoms with Gasteiger partial charge in [0.15, 0.2) is 11.6 Å². The summed E-state index contributed by atoms with van der Waals surface area (Å²) in [6.45, 7) is 2.91. The van der Waals surface area contributed by atoms with E-state index in [4.69, 9.17) is 9.47 Å². The molecular formula is C27H24N2O3. The number of amides is 1. The summed E-state index contributed by atoms with van der Waals surface area (Å²) in [5, 5.41) is 2.84. The molecule has 1 N–H and O–H groups in total. The van der Waals surface area contributed by atoms with Gasteiger partial charge >= 0.3 is 0 Å². The van der Waals surface area contributed by atoms with Gasteiger partial charge in [0.1, 0.15) is 19.0 Å². The van der Waals surface area contributed by atoms with Crippen molar-refractivity contribution < 1.29 is 14.3 Å². The molecule has 0 saturated carbocycles. The van der Waals surface area contributed by atoms with Crippen molar-refractivity contribution >= 4 is 11.7 Å². The van der Waals surface area contributed by atoms with Crippen molar-refractivity contribution in [2.45, 2.75) is 20.1 Å². The molecule has 0 aliphatic carbocycles. The summed E-state index contributed by atoms with van der Waals surface area (Å²) in [5.74, 6) is 1.34. The number of ether oxygens (including phenoxy) is 2. The Kier molecular flexibility index (Phi) is 6.78. The molecule has 0 atom stereocenters. The molecule has 0 fully saturated rings. The maximum atomic E-state index is 12.7. The molecule has 32 heavy (non-hydrogen) atoms. The summed E-state index contributed by atoms with van der Waals surface area (Å²) in [6, 6.07) is 28.6. The Bertz CT molecular complexity index is 1170. The summed E-state index contributed by atoms with van der Waals surface area (Å²) in [4.78, 5) is 17.0. The number of hydrogen-bond acceptors (Lipinski definition) is 4. The minimum Gasteiger partial charge on any atom is -0.489 e. The fraction of sp³-hybridized carbons (Fsp3) is 0.111. The van der Waals surface area contributed by atoms with Crippen LogP contribution in [-0.2, 0) is 13.2 Å². The lowest BCUT2D eigenvalue weighted by atomic mass is 10.1. The summed E-state index contributed by atoms with van der Waals surface area (Å²) >= 11 is 0. The fourth-order valence-corrected chi connectivity index (χ4v) is 3.15. The molecule has 0 bridgehead atoms. The standard InChI is InChI=1S/C27H24N2O3/c1-20-8-5-6-11-23(20)19-32-25-12-7-17-28-26(25)29-27(30)22-13-15-24(16-14-22)31-18-21-9-3-2-4-10-21/h2-17H,18-19H2,1H3,(H,28,29,30). The minimum absolute atomic E-state index is 0.265. The number of anilines is 1. The molecule has 0 aliphatic rings. The Morgan fingerprint density at radius 3 is 2.34 bits per heavy atom. The van der Waals surface area contributed by atoms with Gasteiger partial charge in [0.25, 0.3) is 5.91 Å². The fourth-order valence-electron chi connectivity index (χ4n) is 3.15. The van der Waals surface area contributed by atoms with Gasteiger partial charge < -0.3 is 14.8 Å². The van der Waals surface area contributed by atoms with E-state index in [2.05, 4.69) is 10.3 Å². The maximum Gasteiger partial charge on any atom is 0.256 e. The van der Waals surface area contributed by atoms with Crippen molar-refractivity contribution in [1.82, 2.24) is 4.98 Å². The van der Waals surface area contributed by atoms with Crippen LogP contribution in [0.25, 0.3) is 0 Å². The molecule has 4 aromatic rings. The highest BCUT2D eigenvalue weighted by Gasteiger charge is 2.12. The van der Waals surface area contributed by atoms with Crippen LogP contribution < -0.4 is 14.8 Å². The van der Waals surface area contributed by atoms with Crippen LogP contribution in [0.2, 0.25) is 0 Å². The lowest BCUT2D eigenvalue weighted by molar-refractivity contribution is 0.102. The zero-order valence-electron chi connectivity index (χ0n) is 17.8. The lowest BCUT2D eigenvalue weighted by Gasteiger charge is -2.13. The predicted molar refractivity (Wildman–Crippen MR) is 125 cm³/mol. The maximum absolute atomic E-state index is 12.7. The van der Waals surface area contributed by atoms with E-state index in [1.165, 1.54) is 0 Å². The summed E-state index contributed by atoms with van der Waals surface area (Å²) < 4.78 is 11.7. The molecule has 0 unspecified atom stereocenters. The molecule has 1 heterocycles. The van der Waals surface area contributed by atoms with Gasteiger partial charge in [0.05, 0.1) is 0 Å². The first-order chi connectivity index (χ1) is 15.7. The van der Waals surface area contributed by atoms with E-state index < -0.39 is 0 Å². The Morgan fingerprint density at radius 1 is 0.812 bits per heavy atom. The average Bonchev–Trinajstić information content (AvgIpc) is 2.84. The van der Waals surface area contributed by atoms with Gasteiger partial charge in [-0.05, 0) is 60.0 Å². The second kappa shape index (κ2) is 10.3. The second-order valence-corrected chi connectivity index (χ2v) is 7.32. The quantitative estimate of drug-likeness (QED) is 0.388. The number of aromatic nitrogens is 1. The normalized spacial score (nSPS) is 10.4. The first-order valence-electron chi connectivity index (χ1n) is 10.4. The highest BCUT2D eigenvalue weighted by Crippen LogP contribution is 2.24. The summed E-state index contributed by atoms with van der Waals surface area (Å²) in [6.07, 6.45) is 1.62. The van der Waals surface area contributed by atoms with Crippen LogP contribution in [0.5, 0.6) is 11.5 Å². The largest absolute Gasteiger partial charge is 0.489 e. The molecular weight excluding hydrogens is 400 g/mol. The number of hydrogen-bond donors (Lipinski definition) is 1. The number of nitrogens with one attached hydrogen (secondary N) is 1. The van der Waals surface area contributed by atoms with Crippen molar-refractivity contribution in [2.24, 2.45) is 0 Å². The SMILES string of the molecule is Cc1ccccc1COc1cccnc1NC(=O)c1ccc(OCc2ccccc2)cc1. The zero-order chi connectivity index (χ0) is 22.2. The van der Waals surface area contributed by atoms with Gasteiger partial charge in [-0.25, -0.2) is 4.98 Å². The van der Waals surface area contributed by atoms with E-state index in [-0.39, 0.29) is 5.91 Å². The van der Waals surface area contributed by atoms with Gasteiger partial charge in [0, 0.05) is 11.8 Å². The third-order valence-electron chi connectivity index (χ3n) is 5.01. The molecule has 0 radical (unpaired) electrons. The molecule has 160 valence electrons. The highest BCUT2D eigenvalue weighted by molar-refractivity contribution is 6.04. The predicted octanol–water partition coefficient (Wildman–Crippen LogP) is 5.80. The molecule has 1 aromatic heterocycles. The zero-order valence-corrected chi connectivity index (χ0v) is 17.8. The van der Waals surface area contributed by atoms with E-state index in [0.717, 1.165) is 16.7 Å². The number of carbonyl (C=O) groups excluding carboxylic acids is 1. The van der Waals surface area contributed by atoms with E-state index >= 15 is 0 Å². The van der Waals surface area contributed by atoms with Crippen LogP contribution in [0.4, 0.5) is 5.82 Å². The molecule has 0 spiro atoms. The van der Waals surface area contributed by atoms with Crippen molar-refractivity contribution in [3.8, 4) is 11.5 Å². The van der Waals surface area contributed by atoms with Crippen molar-refractivity contribution in [2.75, 3.05) is 5.32 Å². The Hall–Kier alpha value is -4.12. The number of pyridine rings is 1. The van der Waals surface area contributed by atoms with E-state index in [0.29, 0.717) is 36.1 Å². The van der Waals surface area contributed by atoms with E-state index in [9.17, 15) is 4.79 Å². The summed E-state index contributed by atoms with van der Waals surface area (Å²) in [7, 11) is 0. The summed E-state index contributed by atoms with van der Waals surface area (Å²) in [5.41, 5.74) is 3.83. The van der Waals surface area contributed by atoms with Gasteiger partial charge in [0.2, 0.25) is 0 Å². The lowest BCUT2D eigenvalue weighted by Crippen LogP contribution is -2.14. The van der Waals surface area contributed by atoms with Crippen LogP contribution in [0, 0.1) is 6.92 Å². The molecule has 3 aromatic carbocycles. The first-order valence-corrected chi connectivity index (χ1v) is 10.4. The Balaban J connectivity index is 1.38. The Labute approximate surface area is 187 Å². The topological polar surface area (TPSA) is 60.5 Å². The molecule has 4 rings (SSSR count). The second-order valence-electron chi connectivity index (χ2n) is 7.32. The van der Waals surface area contributed by atoms with Crippen LogP contribution in [0.3, 0.4) is 0 Å². The van der Waals surface area contributed by atoms with E-state index in [1.807, 2.05) is 61.5 Å². The molecule has 5 nitrogen and oxygen atoms in total. The molecule has 0 aliphatic heterocycles. The van der Waals surface area contributed by atoms with Gasteiger partial charge in [-0.1, -0.05) is 54.6 Å². The van der Waals surface area contributed by atoms with Crippen molar-refractivity contribution in [1.29, 1.82) is 0 Å². The Morgan fingerprint density at radius 2 is 1.56 bits per heavy atom. The van der Waals surface area contributed by atoms with Crippen LogP contribution in [0.1, 0.15) is 27.0 Å². The number of benzene rings is 3. The van der Waals surface area contributed by atoms with Crippen molar-refractivity contribution in [3.63, 3.8) is 0 Å². The molecule has 5 heteroatoms. The van der Waals surface area contributed by atoms with E-state index in [1.54, 1.807) is 42.6 Å². The number of carbonyl (C=O) groups is 1. The van der Waals surface area contributed by atoms with Crippen LogP contribution in [0.15, 0.2) is 97.2 Å². The third kappa shape index (κ3) is 5.52. The van der Waals surface area contributed by atoms with Crippen LogP contribution >= 0.6 is 0 Å². The number of rotatable bonds is 8. The van der Waals surface area contributed by atoms with Gasteiger partial charge in [-0.15, -0.1) is 0 Å². The smallest absolute Gasteiger partial charge is 0.256 e. The molecule has 0 saturated heterocycles. The third-order valence-corrected chi connectivity index (χ3v) is 5.01. The van der Waals surface area contributed by atoms with Crippen LogP contribution in [-0.4, -0.2) is 10.9 Å². The number of nitrogens with zero attached hydrogens (tertiary/aromatic N) is 1. The average molecular weight is 425 g/mol. The van der Waals surface area contributed by atoms with Crippen molar-refractivity contribution in [3.05, 3.63) is 119 Å². The monoisotopic (exact) mass is 424 g/mol. The number of aryl methyl sites for hydroxylation is 1.